The Labute approximate surface area is 223 Å². The van der Waals surface area contributed by atoms with Crippen LogP contribution < -0.4 is 11.1 Å². The number of halogens is 1. The number of β-amino-alcohol motifs (C(OH)–C–C–N with tert-alkyl or cyclic N) is 1. The second-order valence-electron chi connectivity index (χ2n) is 10.2. The smallest absolute Gasteiger partial charge is 0.306 e. The molecule has 1 saturated heterocycles. The van der Waals surface area contributed by atoms with Crippen LogP contribution in [0.5, 0.6) is 0 Å². The van der Waals surface area contributed by atoms with Crippen LogP contribution in [0.15, 0.2) is 42.7 Å². The summed E-state index contributed by atoms with van der Waals surface area (Å²) in [4.78, 5) is 52.8. The van der Waals surface area contributed by atoms with Gasteiger partial charge in [0.15, 0.2) is 11.6 Å². The number of aliphatic hydroxyl groups excluding tert-OH is 1. The van der Waals surface area contributed by atoms with Crippen molar-refractivity contribution in [1.29, 1.82) is 0 Å². The van der Waals surface area contributed by atoms with Crippen LogP contribution in [0.1, 0.15) is 51.5 Å². The summed E-state index contributed by atoms with van der Waals surface area (Å²) in [7, 11) is 0. The van der Waals surface area contributed by atoms with Crippen molar-refractivity contribution in [2.45, 2.75) is 64.7 Å². The Morgan fingerprint density at radius 2 is 1.89 bits per heavy atom. The highest BCUT2D eigenvalue weighted by molar-refractivity contribution is 5.94. The van der Waals surface area contributed by atoms with Crippen molar-refractivity contribution in [3.8, 4) is 0 Å². The van der Waals surface area contributed by atoms with Crippen LogP contribution in [0.25, 0.3) is 0 Å². The normalized spacial score (nSPS) is 18.6. The Morgan fingerprint density at radius 3 is 2.50 bits per heavy atom. The molecule has 1 heterocycles. The molecule has 4 atom stereocenters. The van der Waals surface area contributed by atoms with Crippen molar-refractivity contribution >= 4 is 23.4 Å². The van der Waals surface area contributed by atoms with Gasteiger partial charge in [0.2, 0.25) is 5.91 Å². The third kappa shape index (κ3) is 9.55. The predicted octanol–water partition coefficient (Wildman–Crippen LogP) is 2.27. The monoisotopic (exact) mass is 533 g/mol. The van der Waals surface area contributed by atoms with E-state index in [1.165, 1.54) is 4.90 Å². The number of alkyl halides is 1. The summed E-state index contributed by atoms with van der Waals surface area (Å²) >= 11 is 0. The van der Waals surface area contributed by atoms with Crippen LogP contribution >= 0.6 is 0 Å². The fraction of sp³-hybridized carbons (Fsp3) is 0.571. The quantitative estimate of drug-likeness (QED) is 0.217. The van der Waals surface area contributed by atoms with E-state index in [1.807, 2.05) is 30.3 Å². The molecule has 0 radical (unpaired) electrons. The van der Waals surface area contributed by atoms with Crippen molar-refractivity contribution in [2.24, 2.45) is 23.5 Å². The van der Waals surface area contributed by atoms with Gasteiger partial charge in [-0.05, 0) is 24.3 Å². The van der Waals surface area contributed by atoms with E-state index >= 15 is 0 Å². The maximum atomic E-state index is 13.5. The first kappa shape index (κ1) is 31.0. The third-order valence-electron chi connectivity index (χ3n) is 6.80. The molecule has 1 aliphatic heterocycles. The zero-order valence-corrected chi connectivity index (χ0v) is 22.2. The van der Waals surface area contributed by atoms with Crippen molar-refractivity contribution in [1.82, 2.24) is 10.2 Å². The van der Waals surface area contributed by atoms with Gasteiger partial charge in [-0.2, -0.15) is 0 Å². The number of aliphatic hydroxyl groups is 1. The van der Waals surface area contributed by atoms with Gasteiger partial charge in [0.1, 0.15) is 13.3 Å². The number of rotatable bonds is 16. The molecule has 10 heteroatoms. The molecular formula is C28H40FN3O6. The summed E-state index contributed by atoms with van der Waals surface area (Å²) in [5.41, 5.74) is 6.28. The van der Waals surface area contributed by atoms with E-state index in [9.17, 15) is 28.7 Å². The fourth-order valence-corrected chi connectivity index (χ4v) is 4.62. The molecule has 0 spiro atoms. The van der Waals surface area contributed by atoms with E-state index in [-0.39, 0.29) is 50.6 Å². The zero-order valence-electron chi connectivity index (χ0n) is 22.2. The van der Waals surface area contributed by atoms with Gasteiger partial charge >= 0.3 is 5.97 Å². The molecular weight excluding hydrogens is 493 g/mol. The number of likely N-dealkylation sites (tertiary alicyclic amines) is 1. The molecule has 1 aliphatic rings. The number of nitrogens with one attached hydrogen (secondary N) is 1. The number of nitrogens with zero attached hydrogens (tertiary/aromatic N) is 1. The number of ether oxygens (including phenoxy) is 1. The minimum atomic E-state index is -1.19. The molecule has 1 aromatic carbocycles. The number of amides is 1. The van der Waals surface area contributed by atoms with Crippen molar-refractivity contribution in [3.05, 3.63) is 48.3 Å². The zero-order chi connectivity index (χ0) is 28.2. The summed E-state index contributed by atoms with van der Waals surface area (Å²) in [5, 5.41) is 13.1. The molecule has 0 saturated carbocycles. The van der Waals surface area contributed by atoms with Gasteiger partial charge in [0, 0.05) is 31.8 Å². The predicted molar refractivity (Wildman–Crippen MR) is 140 cm³/mol. The summed E-state index contributed by atoms with van der Waals surface area (Å²) < 4.78 is 18.5. The highest BCUT2D eigenvalue weighted by atomic mass is 19.1. The van der Waals surface area contributed by atoms with E-state index in [0.717, 1.165) is 5.56 Å². The van der Waals surface area contributed by atoms with Gasteiger partial charge in [-0.3, -0.25) is 19.2 Å². The molecule has 1 amide bonds. The lowest BCUT2D eigenvalue weighted by molar-refractivity contribution is -0.152. The van der Waals surface area contributed by atoms with E-state index < -0.39 is 54.1 Å². The van der Waals surface area contributed by atoms with Crippen LogP contribution in [0.2, 0.25) is 0 Å². The Bertz CT molecular complexity index is 971. The molecule has 0 unspecified atom stereocenters. The van der Waals surface area contributed by atoms with Crippen molar-refractivity contribution in [3.63, 3.8) is 0 Å². The third-order valence-corrected chi connectivity index (χ3v) is 6.80. The van der Waals surface area contributed by atoms with Gasteiger partial charge in [0.25, 0.3) is 0 Å². The van der Waals surface area contributed by atoms with E-state index in [1.54, 1.807) is 13.8 Å². The van der Waals surface area contributed by atoms with Crippen LogP contribution in [0, 0.1) is 17.8 Å². The summed E-state index contributed by atoms with van der Waals surface area (Å²) in [6.45, 7) is 6.38. The molecule has 9 nitrogen and oxygen atoms in total. The van der Waals surface area contributed by atoms with Crippen LogP contribution in [0.3, 0.4) is 0 Å². The van der Waals surface area contributed by atoms with Crippen LogP contribution in [-0.4, -0.2) is 65.4 Å². The van der Waals surface area contributed by atoms with E-state index in [2.05, 4.69) is 11.9 Å². The first-order valence-corrected chi connectivity index (χ1v) is 13.0. The Balaban J connectivity index is 2.05. The first-order chi connectivity index (χ1) is 18.0. The second kappa shape index (κ2) is 15.2. The number of Topliss-reactive ketones (excluding diaryl/α,β-unsaturated/α-hetero) is 2. The second-order valence-corrected chi connectivity index (χ2v) is 10.2. The molecule has 0 aliphatic carbocycles. The molecule has 0 bridgehead atoms. The number of carbonyl (C=O) groups excluding carboxylic acids is 4. The molecule has 2 rings (SSSR count). The average molecular weight is 534 g/mol. The largest absolute Gasteiger partial charge is 0.461 e. The number of carbonyl (C=O) groups is 4. The van der Waals surface area contributed by atoms with Gasteiger partial charge < -0.3 is 25.8 Å². The highest BCUT2D eigenvalue weighted by Gasteiger charge is 2.42. The SMILES string of the molecule is C=C(N)NCCC[C@H](CC(=O)[C@@H]1C[C@H](O)CN1C(=O)[C@@H](CC(=O)OCc1ccccc1)C(C)C)C(=O)CF. The number of esters is 1. The van der Waals surface area contributed by atoms with Crippen LogP contribution in [0.4, 0.5) is 4.39 Å². The van der Waals surface area contributed by atoms with E-state index in [0.29, 0.717) is 13.0 Å². The lowest BCUT2D eigenvalue weighted by Crippen LogP contribution is -2.46. The maximum absolute atomic E-state index is 13.5. The van der Waals surface area contributed by atoms with E-state index in [4.69, 9.17) is 10.5 Å². The lowest BCUT2D eigenvalue weighted by Gasteiger charge is -2.30. The molecule has 210 valence electrons. The summed E-state index contributed by atoms with van der Waals surface area (Å²) in [6.07, 6.45) is -0.561. The molecule has 0 aromatic heterocycles. The van der Waals surface area contributed by atoms with Gasteiger partial charge in [0.05, 0.1) is 30.3 Å². The Kier molecular flexibility index (Phi) is 12.4. The number of nitrogens with two attached hydrogens (primary N) is 1. The number of benzene rings is 1. The Morgan fingerprint density at radius 1 is 1.21 bits per heavy atom. The fourth-order valence-electron chi connectivity index (χ4n) is 4.62. The molecule has 1 aromatic rings. The lowest BCUT2D eigenvalue weighted by atomic mass is 9.88. The van der Waals surface area contributed by atoms with Gasteiger partial charge in [-0.25, -0.2) is 4.39 Å². The summed E-state index contributed by atoms with van der Waals surface area (Å²) in [5.74, 6) is -3.61. The molecule has 38 heavy (non-hydrogen) atoms. The standard InChI is InChI=1S/C28H40FN3O6/c1-18(2)23(14-27(36)38-17-20-8-5-4-6-9-20)28(37)32-16-22(33)13-24(32)25(34)12-21(26(35)15-29)10-7-11-31-19(3)30/h4-6,8-9,18,21-24,31,33H,3,7,10-17,30H2,1-2H3/t21-,22+,23+,24+/m1/s1. The maximum Gasteiger partial charge on any atom is 0.306 e. The topological polar surface area (TPSA) is 139 Å². The minimum Gasteiger partial charge on any atom is -0.461 e. The minimum absolute atomic E-state index is 0.0267. The van der Waals surface area contributed by atoms with Gasteiger partial charge in [-0.1, -0.05) is 50.8 Å². The van der Waals surface area contributed by atoms with Gasteiger partial charge in [-0.15, -0.1) is 0 Å². The Hall–Kier alpha value is -3.27. The number of hydrogen-bond acceptors (Lipinski definition) is 8. The van der Waals surface area contributed by atoms with Crippen LogP contribution in [-0.2, 0) is 30.5 Å². The molecule has 4 N–H and O–H groups in total. The van der Waals surface area contributed by atoms with Crippen molar-refractivity contribution < 1.29 is 33.4 Å². The molecule has 1 fully saturated rings. The average Bonchev–Trinajstić information content (AvgIpc) is 3.28. The summed E-state index contributed by atoms with van der Waals surface area (Å²) in [6, 6.07) is 8.22. The number of hydrogen-bond donors (Lipinski definition) is 3. The van der Waals surface area contributed by atoms with Crippen molar-refractivity contribution in [2.75, 3.05) is 19.8 Å². The first-order valence-electron chi connectivity index (χ1n) is 13.0. The number of ketones is 2. The highest BCUT2D eigenvalue weighted by Crippen LogP contribution is 2.28.